The van der Waals surface area contributed by atoms with Gasteiger partial charge in [0.05, 0.1) is 13.2 Å². The van der Waals surface area contributed by atoms with E-state index in [-0.39, 0.29) is 24.7 Å². The molecule has 1 aromatic carbocycles. The van der Waals surface area contributed by atoms with Crippen LogP contribution in [-0.2, 0) is 0 Å². The Bertz CT molecular complexity index is 479. The third kappa shape index (κ3) is 3.91. The van der Waals surface area contributed by atoms with E-state index in [2.05, 4.69) is 19.2 Å². The van der Waals surface area contributed by atoms with Gasteiger partial charge >= 0.3 is 6.03 Å². The van der Waals surface area contributed by atoms with Gasteiger partial charge in [0.1, 0.15) is 5.75 Å². The summed E-state index contributed by atoms with van der Waals surface area (Å²) < 4.78 is 5.09. The zero-order valence-corrected chi connectivity index (χ0v) is 13.6. The summed E-state index contributed by atoms with van der Waals surface area (Å²) in [6.07, 6.45) is 2.53. The number of nitrogens with zero attached hydrogens (tertiary/aromatic N) is 1. The third-order valence-corrected chi connectivity index (χ3v) is 4.38. The Balaban J connectivity index is 1.89. The molecule has 5 heteroatoms. The molecule has 2 amide bonds. The quantitative estimate of drug-likeness (QED) is 0.899. The number of benzene rings is 1. The highest BCUT2D eigenvalue weighted by Crippen LogP contribution is 2.22. The van der Waals surface area contributed by atoms with E-state index in [1.54, 1.807) is 19.2 Å². The number of carbonyl (C=O) groups is 1. The van der Waals surface area contributed by atoms with Crippen LogP contribution in [-0.4, -0.2) is 41.8 Å². The number of carbonyl (C=O) groups excluding carboxylic acids is 1. The van der Waals surface area contributed by atoms with Gasteiger partial charge in [-0.3, -0.25) is 0 Å². The Morgan fingerprint density at radius 3 is 2.45 bits per heavy atom. The average molecular weight is 306 g/mol. The van der Waals surface area contributed by atoms with Gasteiger partial charge in [-0.25, -0.2) is 4.79 Å². The molecular formula is C17H26N2O3. The Morgan fingerprint density at radius 1 is 1.32 bits per heavy atom. The summed E-state index contributed by atoms with van der Waals surface area (Å²) in [6, 6.07) is 7.63. The first-order valence-corrected chi connectivity index (χ1v) is 7.91. The Morgan fingerprint density at radius 2 is 1.91 bits per heavy atom. The van der Waals surface area contributed by atoms with Crippen molar-refractivity contribution in [2.45, 2.75) is 51.3 Å². The van der Waals surface area contributed by atoms with E-state index in [1.807, 2.05) is 17.0 Å². The van der Waals surface area contributed by atoms with Crippen LogP contribution in [0.3, 0.4) is 0 Å². The number of urea groups is 1. The van der Waals surface area contributed by atoms with E-state index in [0.29, 0.717) is 0 Å². The first kappa shape index (κ1) is 16.6. The van der Waals surface area contributed by atoms with Gasteiger partial charge in [-0.1, -0.05) is 12.1 Å². The Hall–Kier alpha value is -1.75. The predicted molar refractivity (Wildman–Crippen MR) is 86.0 cm³/mol. The van der Waals surface area contributed by atoms with Gasteiger partial charge in [0.2, 0.25) is 0 Å². The van der Waals surface area contributed by atoms with E-state index >= 15 is 0 Å². The van der Waals surface area contributed by atoms with Crippen molar-refractivity contribution in [1.29, 1.82) is 0 Å². The summed E-state index contributed by atoms with van der Waals surface area (Å²) >= 11 is 0. The van der Waals surface area contributed by atoms with Crippen molar-refractivity contribution in [3.8, 4) is 5.75 Å². The van der Waals surface area contributed by atoms with Crippen LogP contribution in [0.4, 0.5) is 4.79 Å². The SMILES string of the molecule is COc1ccc(C(O)CNC(=O)N2C(C)CCCC2C)cc1. The smallest absolute Gasteiger partial charge is 0.317 e. The molecule has 1 aromatic rings. The molecule has 0 saturated carbocycles. The summed E-state index contributed by atoms with van der Waals surface area (Å²) in [4.78, 5) is 14.2. The number of hydrogen-bond acceptors (Lipinski definition) is 3. The van der Waals surface area contributed by atoms with Crippen molar-refractivity contribution < 1.29 is 14.6 Å². The molecule has 2 N–H and O–H groups in total. The lowest BCUT2D eigenvalue weighted by atomic mass is 9.98. The van der Waals surface area contributed by atoms with E-state index in [9.17, 15) is 9.90 Å². The van der Waals surface area contributed by atoms with Crippen molar-refractivity contribution in [3.05, 3.63) is 29.8 Å². The Labute approximate surface area is 132 Å². The molecule has 0 bridgehead atoms. The highest BCUT2D eigenvalue weighted by Gasteiger charge is 2.28. The maximum atomic E-state index is 12.3. The summed E-state index contributed by atoms with van der Waals surface area (Å²) in [5.74, 6) is 0.746. The highest BCUT2D eigenvalue weighted by atomic mass is 16.5. The van der Waals surface area contributed by atoms with Crippen LogP contribution in [0.25, 0.3) is 0 Å². The van der Waals surface area contributed by atoms with Crippen molar-refractivity contribution in [3.63, 3.8) is 0 Å². The summed E-state index contributed by atoms with van der Waals surface area (Å²) in [6.45, 7) is 4.37. The summed E-state index contributed by atoms with van der Waals surface area (Å²) in [5.41, 5.74) is 0.765. The van der Waals surface area contributed by atoms with Crippen LogP contribution in [0.2, 0.25) is 0 Å². The second kappa shape index (κ2) is 7.49. The normalized spacial score (nSPS) is 23.0. The maximum Gasteiger partial charge on any atom is 0.317 e. The molecule has 3 unspecified atom stereocenters. The third-order valence-electron chi connectivity index (χ3n) is 4.38. The average Bonchev–Trinajstić information content (AvgIpc) is 2.52. The number of methoxy groups -OCH3 is 1. The maximum absolute atomic E-state index is 12.3. The molecule has 3 atom stereocenters. The molecule has 0 spiro atoms. The number of amides is 2. The number of aliphatic hydroxyl groups excluding tert-OH is 1. The van der Waals surface area contributed by atoms with Crippen LogP contribution in [0.1, 0.15) is 44.8 Å². The van der Waals surface area contributed by atoms with Crippen molar-refractivity contribution in [1.82, 2.24) is 10.2 Å². The van der Waals surface area contributed by atoms with Crippen molar-refractivity contribution in [2.24, 2.45) is 0 Å². The topological polar surface area (TPSA) is 61.8 Å². The molecule has 1 aliphatic rings. The molecule has 0 aromatic heterocycles. The first-order valence-electron chi connectivity index (χ1n) is 7.91. The van der Waals surface area contributed by atoms with Crippen LogP contribution in [0, 0.1) is 0 Å². The van der Waals surface area contributed by atoms with Gasteiger partial charge in [-0.2, -0.15) is 0 Å². The number of hydrogen-bond donors (Lipinski definition) is 2. The molecule has 122 valence electrons. The van der Waals surface area contributed by atoms with Crippen LogP contribution >= 0.6 is 0 Å². The standard InChI is InChI=1S/C17H26N2O3/c1-12-5-4-6-13(2)19(12)17(21)18-11-16(20)14-7-9-15(22-3)10-8-14/h7-10,12-13,16,20H,4-6,11H2,1-3H3,(H,18,21). The second-order valence-corrected chi connectivity index (χ2v) is 6.01. The number of likely N-dealkylation sites (tertiary alicyclic amines) is 1. The fourth-order valence-electron chi connectivity index (χ4n) is 3.04. The van der Waals surface area contributed by atoms with Crippen molar-refractivity contribution in [2.75, 3.05) is 13.7 Å². The van der Waals surface area contributed by atoms with Crippen LogP contribution < -0.4 is 10.1 Å². The summed E-state index contributed by atoms with van der Waals surface area (Å²) in [5, 5.41) is 13.0. The van der Waals surface area contributed by atoms with Gasteiger partial charge in [0, 0.05) is 18.6 Å². The van der Waals surface area contributed by atoms with Gasteiger partial charge < -0.3 is 20.1 Å². The zero-order valence-electron chi connectivity index (χ0n) is 13.6. The molecule has 1 heterocycles. The number of piperidine rings is 1. The number of nitrogens with one attached hydrogen (secondary N) is 1. The fraction of sp³-hybridized carbons (Fsp3) is 0.588. The fourth-order valence-corrected chi connectivity index (χ4v) is 3.04. The van der Waals surface area contributed by atoms with Gasteiger partial charge in [0.25, 0.3) is 0 Å². The molecule has 22 heavy (non-hydrogen) atoms. The minimum atomic E-state index is -0.717. The first-order chi connectivity index (χ1) is 10.5. The lowest BCUT2D eigenvalue weighted by Crippen LogP contribution is -2.52. The largest absolute Gasteiger partial charge is 0.497 e. The minimum absolute atomic E-state index is 0.0905. The molecule has 2 rings (SSSR count). The molecule has 0 radical (unpaired) electrons. The van der Waals surface area contributed by atoms with Crippen LogP contribution in [0.15, 0.2) is 24.3 Å². The molecular weight excluding hydrogens is 280 g/mol. The van der Waals surface area contributed by atoms with E-state index in [0.717, 1.165) is 24.2 Å². The molecule has 1 fully saturated rings. The van der Waals surface area contributed by atoms with E-state index in [1.165, 1.54) is 6.42 Å². The van der Waals surface area contributed by atoms with E-state index < -0.39 is 6.10 Å². The van der Waals surface area contributed by atoms with Crippen molar-refractivity contribution >= 4 is 6.03 Å². The second-order valence-electron chi connectivity index (χ2n) is 6.01. The lowest BCUT2D eigenvalue weighted by Gasteiger charge is -2.39. The van der Waals surface area contributed by atoms with Gasteiger partial charge in [-0.15, -0.1) is 0 Å². The number of ether oxygens (including phenoxy) is 1. The molecule has 5 nitrogen and oxygen atoms in total. The monoisotopic (exact) mass is 306 g/mol. The Kier molecular flexibility index (Phi) is 5.66. The lowest BCUT2D eigenvalue weighted by molar-refractivity contribution is 0.115. The molecule has 1 aliphatic heterocycles. The predicted octanol–water partition coefficient (Wildman–Crippen LogP) is 2.70. The molecule has 1 saturated heterocycles. The summed E-state index contributed by atoms with van der Waals surface area (Å²) in [7, 11) is 1.60. The van der Waals surface area contributed by atoms with Gasteiger partial charge in [0.15, 0.2) is 0 Å². The zero-order chi connectivity index (χ0) is 16.1. The molecule has 0 aliphatic carbocycles. The van der Waals surface area contributed by atoms with E-state index in [4.69, 9.17) is 4.74 Å². The number of rotatable bonds is 4. The highest BCUT2D eigenvalue weighted by molar-refractivity contribution is 5.75. The minimum Gasteiger partial charge on any atom is -0.497 e. The van der Waals surface area contributed by atoms with Crippen LogP contribution in [0.5, 0.6) is 5.75 Å². The van der Waals surface area contributed by atoms with Gasteiger partial charge in [-0.05, 0) is 50.8 Å². The number of aliphatic hydroxyl groups is 1.